The van der Waals surface area contributed by atoms with Gasteiger partial charge in [-0.1, -0.05) is 54.6 Å². The normalized spacial score (nSPS) is 12.0. The van der Waals surface area contributed by atoms with E-state index in [9.17, 15) is 4.79 Å². The van der Waals surface area contributed by atoms with Crippen LogP contribution in [0.1, 0.15) is 29.3 Å². The second kappa shape index (κ2) is 8.09. The molecule has 0 saturated carbocycles. The van der Waals surface area contributed by atoms with Crippen molar-refractivity contribution in [2.75, 3.05) is 0 Å². The van der Waals surface area contributed by atoms with E-state index in [1.54, 1.807) is 0 Å². The Kier molecular flexibility index (Phi) is 5.20. The number of imidazole rings is 1. The molecule has 1 unspecified atom stereocenters. The number of para-hydroxylation sites is 2. The minimum absolute atomic E-state index is 0.0447. The molecule has 0 radical (unpaired) electrons. The maximum Gasteiger partial charge on any atom is 0.251 e. The van der Waals surface area contributed by atoms with Gasteiger partial charge >= 0.3 is 0 Å². The Balaban J connectivity index is 1.38. The van der Waals surface area contributed by atoms with Gasteiger partial charge in [-0.3, -0.25) is 4.79 Å². The number of aromatic nitrogens is 2. The summed E-state index contributed by atoms with van der Waals surface area (Å²) in [5, 5.41) is 3.08. The number of amides is 1. The van der Waals surface area contributed by atoms with E-state index in [0.717, 1.165) is 35.3 Å². The smallest absolute Gasteiger partial charge is 0.251 e. The Bertz CT molecular complexity index is 1030. The van der Waals surface area contributed by atoms with Crippen LogP contribution in [0.15, 0.2) is 78.9 Å². The van der Waals surface area contributed by atoms with E-state index >= 15 is 0 Å². The number of nitrogens with zero attached hydrogens (tertiary/aromatic N) is 1. The molecule has 1 atom stereocenters. The number of hydrogen-bond donors (Lipinski definition) is 2. The van der Waals surface area contributed by atoms with E-state index in [1.807, 2.05) is 73.7 Å². The van der Waals surface area contributed by atoms with Gasteiger partial charge in [-0.2, -0.15) is 0 Å². The highest BCUT2D eigenvalue weighted by atomic mass is 16.1. The Labute approximate surface area is 164 Å². The van der Waals surface area contributed by atoms with Crippen LogP contribution in [0.5, 0.6) is 0 Å². The number of H-pyrrole nitrogens is 1. The monoisotopic (exact) mass is 369 g/mol. The number of aryl methyl sites for hydroxylation is 1. The summed E-state index contributed by atoms with van der Waals surface area (Å²) in [6.07, 6.45) is 1.86. The highest BCUT2D eigenvalue weighted by Gasteiger charge is 2.11. The zero-order valence-corrected chi connectivity index (χ0v) is 15.9. The summed E-state index contributed by atoms with van der Waals surface area (Å²) in [6, 6.07) is 26.0. The fourth-order valence-electron chi connectivity index (χ4n) is 3.28. The van der Waals surface area contributed by atoms with E-state index in [-0.39, 0.29) is 11.9 Å². The summed E-state index contributed by atoms with van der Waals surface area (Å²) in [5.74, 6) is 0.765. The lowest BCUT2D eigenvalue weighted by atomic mass is 10.1. The van der Waals surface area contributed by atoms with E-state index in [0.29, 0.717) is 5.56 Å². The molecule has 3 aromatic carbocycles. The van der Waals surface area contributed by atoms with Crippen LogP contribution in [-0.2, 0) is 6.42 Å². The number of aromatic amines is 1. The third kappa shape index (κ3) is 4.12. The summed E-state index contributed by atoms with van der Waals surface area (Å²) >= 11 is 0. The SMILES string of the molecule is CC(CCc1ccccc1)NC(=O)c1ccc(-c2nc3ccccc3[nH]2)cc1. The fourth-order valence-corrected chi connectivity index (χ4v) is 3.28. The van der Waals surface area contributed by atoms with Crippen LogP contribution in [0.2, 0.25) is 0 Å². The van der Waals surface area contributed by atoms with Crippen LogP contribution in [-0.4, -0.2) is 21.9 Å². The molecule has 4 heteroatoms. The van der Waals surface area contributed by atoms with Crippen LogP contribution in [0.4, 0.5) is 0 Å². The van der Waals surface area contributed by atoms with Gasteiger partial charge in [-0.05, 0) is 49.6 Å². The van der Waals surface area contributed by atoms with Crippen LogP contribution in [0, 0.1) is 0 Å². The lowest BCUT2D eigenvalue weighted by Gasteiger charge is -2.14. The molecule has 0 spiro atoms. The molecule has 2 N–H and O–H groups in total. The molecule has 4 rings (SSSR count). The highest BCUT2D eigenvalue weighted by Crippen LogP contribution is 2.20. The molecule has 0 bridgehead atoms. The van der Waals surface area contributed by atoms with Gasteiger partial charge in [0.05, 0.1) is 11.0 Å². The molecule has 1 amide bonds. The lowest BCUT2D eigenvalue weighted by molar-refractivity contribution is 0.0938. The Morgan fingerprint density at radius 1 is 0.964 bits per heavy atom. The van der Waals surface area contributed by atoms with Crippen molar-refractivity contribution < 1.29 is 4.79 Å². The molecule has 140 valence electrons. The summed E-state index contributed by atoms with van der Waals surface area (Å²) in [5.41, 5.74) is 4.85. The van der Waals surface area contributed by atoms with E-state index in [4.69, 9.17) is 0 Å². The quantitative estimate of drug-likeness (QED) is 0.503. The topological polar surface area (TPSA) is 57.8 Å². The Morgan fingerprint density at radius 2 is 1.68 bits per heavy atom. The summed E-state index contributed by atoms with van der Waals surface area (Å²) < 4.78 is 0. The van der Waals surface area contributed by atoms with Crippen molar-refractivity contribution in [3.05, 3.63) is 90.0 Å². The summed E-state index contributed by atoms with van der Waals surface area (Å²) in [4.78, 5) is 20.4. The average Bonchev–Trinajstić information content (AvgIpc) is 3.17. The van der Waals surface area contributed by atoms with Crippen molar-refractivity contribution in [1.82, 2.24) is 15.3 Å². The zero-order valence-electron chi connectivity index (χ0n) is 15.9. The maximum absolute atomic E-state index is 12.5. The number of nitrogens with one attached hydrogen (secondary N) is 2. The fraction of sp³-hybridized carbons (Fsp3) is 0.167. The van der Waals surface area contributed by atoms with Crippen molar-refractivity contribution >= 4 is 16.9 Å². The van der Waals surface area contributed by atoms with Crippen molar-refractivity contribution in [3.8, 4) is 11.4 Å². The first-order valence-corrected chi connectivity index (χ1v) is 9.59. The third-order valence-corrected chi connectivity index (χ3v) is 4.90. The summed E-state index contributed by atoms with van der Waals surface area (Å²) in [6.45, 7) is 2.05. The van der Waals surface area contributed by atoms with Crippen molar-refractivity contribution in [2.45, 2.75) is 25.8 Å². The predicted molar refractivity (Wildman–Crippen MR) is 113 cm³/mol. The molecule has 0 aliphatic rings. The number of carbonyl (C=O) groups is 1. The average molecular weight is 369 g/mol. The minimum atomic E-state index is -0.0447. The van der Waals surface area contributed by atoms with Gasteiger partial charge in [0.1, 0.15) is 5.82 Å². The number of carbonyl (C=O) groups excluding carboxylic acids is 1. The maximum atomic E-state index is 12.5. The number of benzene rings is 3. The number of rotatable bonds is 6. The second-order valence-electron chi connectivity index (χ2n) is 7.08. The molecule has 0 fully saturated rings. The number of hydrogen-bond acceptors (Lipinski definition) is 2. The third-order valence-electron chi connectivity index (χ3n) is 4.90. The van der Waals surface area contributed by atoms with Crippen molar-refractivity contribution in [1.29, 1.82) is 0 Å². The van der Waals surface area contributed by atoms with Gasteiger partial charge < -0.3 is 10.3 Å². The van der Waals surface area contributed by atoms with Crippen molar-refractivity contribution in [2.24, 2.45) is 0 Å². The first kappa shape index (κ1) is 18.0. The van der Waals surface area contributed by atoms with Gasteiger partial charge in [0, 0.05) is 17.2 Å². The molecule has 4 nitrogen and oxygen atoms in total. The van der Waals surface area contributed by atoms with Gasteiger partial charge in [-0.25, -0.2) is 4.98 Å². The molecule has 28 heavy (non-hydrogen) atoms. The highest BCUT2D eigenvalue weighted by molar-refractivity contribution is 5.94. The van der Waals surface area contributed by atoms with E-state index in [2.05, 4.69) is 27.4 Å². The van der Waals surface area contributed by atoms with Crippen molar-refractivity contribution in [3.63, 3.8) is 0 Å². The van der Waals surface area contributed by atoms with Gasteiger partial charge in [0.15, 0.2) is 0 Å². The van der Waals surface area contributed by atoms with Gasteiger partial charge in [0.2, 0.25) is 0 Å². The first-order chi connectivity index (χ1) is 13.7. The van der Waals surface area contributed by atoms with Gasteiger partial charge in [-0.15, -0.1) is 0 Å². The Hall–Kier alpha value is -3.40. The standard InChI is InChI=1S/C24H23N3O/c1-17(11-12-18-7-3-2-4-8-18)25-24(28)20-15-13-19(14-16-20)23-26-21-9-5-6-10-22(21)27-23/h2-10,13-17H,11-12H2,1H3,(H,25,28)(H,26,27). The molecule has 0 aliphatic carbocycles. The minimum Gasteiger partial charge on any atom is -0.350 e. The zero-order chi connectivity index (χ0) is 19.3. The lowest BCUT2D eigenvalue weighted by Crippen LogP contribution is -2.32. The Morgan fingerprint density at radius 3 is 2.43 bits per heavy atom. The second-order valence-corrected chi connectivity index (χ2v) is 7.08. The number of fused-ring (bicyclic) bond motifs is 1. The summed E-state index contributed by atoms with van der Waals surface area (Å²) in [7, 11) is 0. The molecule has 1 aromatic heterocycles. The molecule has 4 aromatic rings. The molecular weight excluding hydrogens is 346 g/mol. The van der Waals surface area contributed by atoms with Crippen LogP contribution >= 0.6 is 0 Å². The van der Waals surface area contributed by atoms with E-state index in [1.165, 1.54) is 5.56 Å². The van der Waals surface area contributed by atoms with Crippen LogP contribution in [0.25, 0.3) is 22.4 Å². The molecule has 1 heterocycles. The van der Waals surface area contributed by atoms with Crippen LogP contribution < -0.4 is 5.32 Å². The first-order valence-electron chi connectivity index (χ1n) is 9.59. The molecule has 0 aliphatic heterocycles. The van der Waals surface area contributed by atoms with Gasteiger partial charge in [0.25, 0.3) is 5.91 Å². The van der Waals surface area contributed by atoms with Crippen LogP contribution in [0.3, 0.4) is 0 Å². The largest absolute Gasteiger partial charge is 0.350 e. The molecule has 0 saturated heterocycles. The predicted octanol–water partition coefficient (Wildman–Crippen LogP) is 4.98. The van der Waals surface area contributed by atoms with E-state index < -0.39 is 0 Å². The molecular formula is C24H23N3O.